The van der Waals surface area contributed by atoms with E-state index in [1.165, 1.54) is 6.07 Å². The molecule has 1 aromatic heterocycles. The topological polar surface area (TPSA) is 39.4 Å². The molecule has 3 aromatic rings. The van der Waals surface area contributed by atoms with E-state index in [9.17, 15) is 4.79 Å². The Kier molecular flexibility index (Phi) is 3.25. The Morgan fingerprint density at radius 3 is 2.60 bits per heavy atom. The van der Waals surface area contributed by atoms with Crippen molar-refractivity contribution in [1.29, 1.82) is 0 Å². The summed E-state index contributed by atoms with van der Waals surface area (Å²) in [5.74, 6) is 0.702. The van der Waals surface area contributed by atoms with Crippen LogP contribution in [0.4, 0.5) is 0 Å². The number of hydrogen-bond donors (Lipinski definition) is 0. The molecule has 0 saturated carbocycles. The summed E-state index contributed by atoms with van der Waals surface area (Å²) in [6.07, 6.45) is 0. The molecule has 0 radical (unpaired) electrons. The molecule has 0 saturated heterocycles. The van der Waals surface area contributed by atoms with Crippen molar-refractivity contribution in [2.45, 2.75) is 6.92 Å². The highest BCUT2D eigenvalue weighted by Crippen LogP contribution is 2.29. The number of fused-ring (bicyclic) bond motifs is 1. The van der Waals surface area contributed by atoms with Crippen LogP contribution >= 0.6 is 0 Å². The Labute approximate surface area is 116 Å². The molecule has 0 fully saturated rings. The summed E-state index contributed by atoms with van der Waals surface area (Å²) >= 11 is 0. The van der Waals surface area contributed by atoms with Gasteiger partial charge < -0.3 is 9.15 Å². The molecule has 0 atom stereocenters. The van der Waals surface area contributed by atoms with Gasteiger partial charge in [-0.1, -0.05) is 30.3 Å². The average molecular weight is 266 g/mol. The van der Waals surface area contributed by atoms with E-state index in [0.29, 0.717) is 17.9 Å². The molecule has 0 bridgehead atoms. The van der Waals surface area contributed by atoms with Gasteiger partial charge in [0.25, 0.3) is 0 Å². The Balaban J connectivity index is 2.25. The zero-order valence-corrected chi connectivity index (χ0v) is 11.1. The lowest BCUT2D eigenvalue weighted by atomic mass is 10.0. The monoisotopic (exact) mass is 266 g/mol. The van der Waals surface area contributed by atoms with Crippen LogP contribution in [-0.2, 0) is 0 Å². The first kappa shape index (κ1) is 12.5. The molecule has 3 heteroatoms. The fourth-order valence-electron chi connectivity index (χ4n) is 2.26. The molecule has 0 N–H and O–H groups in total. The van der Waals surface area contributed by atoms with Crippen LogP contribution in [0.1, 0.15) is 6.92 Å². The quantitative estimate of drug-likeness (QED) is 0.676. The minimum atomic E-state index is -0.356. The highest BCUT2D eigenvalue weighted by atomic mass is 16.5. The minimum Gasteiger partial charge on any atom is -0.494 e. The second kappa shape index (κ2) is 5.21. The first-order valence-electron chi connectivity index (χ1n) is 6.54. The van der Waals surface area contributed by atoms with Crippen molar-refractivity contribution in [3.8, 4) is 16.9 Å². The highest BCUT2D eigenvalue weighted by molar-refractivity contribution is 5.93. The molecule has 2 aromatic carbocycles. The first-order chi connectivity index (χ1) is 9.78. The molecule has 0 spiro atoms. The van der Waals surface area contributed by atoms with E-state index in [4.69, 9.17) is 9.15 Å². The molecule has 0 aliphatic rings. The number of rotatable bonds is 3. The Morgan fingerprint density at radius 1 is 1.05 bits per heavy atom. The van der Waals surface area contributed by atoms with Gasteiger partial charge in [-0.2, -0.15) is 0 Å². The zero-order valence-electron chi connectivity index (χ0n) is 11.1. The van der Waals surface area contributed by atoms with Gasteiger partial charge in [0.15, 0.2) is 0 Å². The van der Waals surface area contributed by atoms with E-state index < -0.39 is 0 Å². The fraction of sp³-hybridized carbons (Fsp3) is 0.118. The summed E-state index contributed by atoms with van der Waals surface area (Å²) in [6, 6.07) is 16.9. The molecular weight excluding hydrogens is 252 g/mol. The fourth-order valence-corrected chi connectivity index (χ4v) is 2.26. The van der Waals surface area contributed by atoms with Gasteiger partial charge in [-0.15, -0.1) is 0 Å². The first-order valence-corrected chi connectivity index (χ1v) is 6.54. The van der Waals surface area contributed by atoms with Crippen molar-refractivity contribution in [3.05, 3.63) is 65.0 Å². The van der Waals surface area contributed by atoms with E-state index in [2.05, 4.69) is 0 Å². The second-order valence-corrected chi connectivity index (χ2v) is 4.44. The maximum Gasteiger partial charge on any atom is 0.336 e. The molecule has 1 heterocycles. The van der Waals surface area contributed by atoms with Crippen LogP contribution in [0.15, 0.2) is 63.8 Å². The molecule has 3 rings (SSSR count). The van der Waals surface area contributed by atoms with Crippen LogP contribution in [0.5, 0.6) is 5.75 Å². The summed E-state index contributed by atoms with van der Waals surface area (Å²) in [7, 11) is 0. The zero-order chi connectivity index (χ0) is 13.9. The lowest BCUT2D eigenvalue weighted by molar-refractivity contribution is 0.340. The maximum absolute atomic E-state index is 11.7. The van der Waals surface area contributed by atoms with E-state index in [-0.39, 0.29) is 5.63 Å². The third-order valence-electron chi connectivity index (χ3n) is 3.11. The highest BCUT2D eigenvalue weighted by Gasteiger charge is 2.08. The summed E-state index contributed by atoms with van der Waals surface area (Å²) in [6.45, 7) is 2.49. The Bertz CT molecular complexity index is 788. The van der Waals surface area contributed by atoms with E-state index in [1.54, 1.807) is 6.07 Å². The van der Waals surface area contributed by atoms with Gasteiger partial charge in [0.2, 0.25) is 0 Å². The van der Waals surface area contributed by atoms with Gasteiger partial charge in [0.1, 0.15) is 11.3 Å². The predicted octanol–water partition coefficient (Wildman–Crippen LogP) is 3.86. The lowest BCUT2D eigenvalue weighted by Gasteiger charge is -2.07. The van der Waals surface area contributed by atoms with Crippen LogP contribution in [-0.4, -0.2) is 6.61 Å². The molecule has 0 aliphatic heterocycles. The summed E-state index contributed by atoms with van der Waals surface area (Å²) in [5, 5.41) is 0.902. The molecule has 0 aliphatic carbocycles. The molecule has 20 heavy (non-hydrogen) atoms. The number of ether oxygens (including phenoxy) is 1. The van der Waals surface area contributed by atoms with Gasteiger partial charge in [-0.05, 0) is 30.2 Å². The van der Waals surface area contributed by atoms with Crippen LogP contribution in [0, 0.1) is 0 Å². The standard InChI is InChI=1S/C17H14O3/c1-2-19-13-8-9-14-15(12-6-4-3-5-7-12)11-17(18)20-16(14)10-13/h3-11H,2H2,1H3. The van der Waals surface area contributed by atoms with Crippen molar-refractivity contribution in [2.24, 2.45) is 0 Å². The summed E-state index contributed by atoms with van der Waals surface area (Å²) in [4.78, 5) is 11.7. The van der Waals surface area contributed by atoms with Crippen molar-refractivity contribution >= 4 is 11.0 Å². The molecular formula is C17H14O3. The predicted molar refractivity (Wildman–Crippen MR) is 79.1 cm³/mol. The third kappa shape index (κ3) is 2.30. The van der Waals surface area contributed by atoms with Crippen LogP contribution in [0.3, 0.4) is 0 Å². The largest absolute Gasteiger partial charge is 0.494 e. The number of benzene rings is 2. The van der Waals surface area contributed by atoms with Gasteiger partial charge in [0.05, 0.1) is 6.61 Å². The van der Waals surface area contributed by atoms with Gasteiger partial charge in [0, 0.05) is 17.5 Å². The Morgan fingerprint density at radius 2 is 1.85 bits per heavy atom. The van der Waals surface area contributed by atoms with Crippen LogP contribution in [0.25, 0.3) is 22.1 Å². The molecule has 100 valence electrons. The van der Waals surface area contributed by atoms with Gasteiger partial charge in [-0.25, -0.2) is 4.79 Å². The Hall–Kier alpha value is -2.55. The third-order valence-corrected chi connectivity index (χ3v) is 3.11. The van der Waals surface area contributed by atoms with Gasteiger partial charge in [-0.3, -0.25) is 0 Å². The summed E-state index contributed by atoms with van der Waals surface area (Å²) in [5.41, 5.74) is 2.06. The normalized spacial score (nSPS) is 10.7. The molecule has 0 unspecified atom stereocenters. The minimum absolute atomic E-state index is 0.356. The number of hydrogen-bond acceptors (Lipinski definition) is 3. The molecule has 3 nitrogen and oxygen atoms in total. The summed E-state index contributed by atoms with van der Waals surface area (Å²) < 4.78 is 10.7. The van der Waals surface area contributed by atoms with Crippen molar-refractivity contribution < 1.29 is 9.15 Å². The van der Waals surface area contributed by atoms with E-state index >= 15 is 0 Å². The van der Waals surface area contributed by atoms with E-state index in [0.717, 1.165) is 16.5 Å². The van der Waals surface area contributed by atoms with E-state index in [1.807, 2.05) is 49.4 Å². The lowest BCUT2D eigenvalue weighted by Crippen LogP contribution is -1.99. The second-order valence-electron chi connectivity index (χ2n) is 4.44. The maximum atomic E-state index is 11.7. The van der Waals surface area contributed by atoms with Gasteiger partial charge >= 0.3 is 5.63 Å². The molecule has 0 amide bonds. The smallest absolute Gasteiger partial charge is 0.336 e. The SMILES string of the molecule is CCOc1ccc2c(-c3ccccc3)cc(=O)oc2c1. The van der Waals surface area contributed by atoms with Crippen LogP contribution < -0.4 is 10.4 Å². The van der Waals surface area contributed by atoms with Crippen molar-refractivity contribution in [1.82, 2.24) is 0 Å². The van der Waals surface area contributed by atoms with Crippen molar-refractivity contribution in [3.63, 3.8) is 0 Å². The van der Waals surface area contributed by atoms with Crippen molar-refractivity contribution in [2.75, 3.05) is 6.61 Å². The average Bonchev–Trinajstić information content (AvgIpc) is 2.47. The van der Waals surface area contributed by atoms with Crippen LogP contribution in [0.2, 0.25) is 0 Å².